The Morgan fingerprint density at radius 2 is 1.80 bits per heavy atom. The maximum atomic E-state index is 13.6. The molecule has 1 aliphatic rings. The summed E-state index contributed by atoms with van der Waals surface area (Å²) in [6.45, 7) is 0.952. The van der Waals surface area contributed by atoms with Crippen molar-refractivity contribution in [1.82, 2.24) is 9.55 Å². The van der Waals surface area contributed by atoms with Gasteiger partial charge in [0.05, 0.1) is 24.1 Å². The Hall–Kier alpha value is -2.57. The lowest BCUT2D eigenvalue weighted by Gasteiger charge is -2.25. The van der Waals surface area contributed by atoms with Crippen molar-refractivity contribution in [2.24, 2.45) is 5.73 Å². The third kappa shape index (κ3) is 4.60. The lowest BCUT2D eigenvalue weighted by Crippen LogP contribution is -2.29. The van der Waals surface area contributed by atoms with Crippen LogP contribution in [0.5, 0.6) is 0 Å². The van der Waals surface area contributed by atoms with Crippen molar-refractivity contribution in [2.45, 2.75) is 44.6 Å². The summed E-state index contributed by atoms with van der Waals surface area (Å²) in [6, 6.07) is 12.0. The van der Waals surface area contributed by atoms with Gasteiger partial charge in [0.1, 0.15) is 11.6 Å². The summed E-state index contributed by atoms with van der Waals surface area (Å²) in [4.78, 5) is 18.5. The van der Waals surface area contributed by atoms with Crippen LogP contribution in [0, 0.1) is 5.82 Å². The van der Waals surface area contributed by atoms with Crippen LogP contribution in [0.25, 0.3) is 22.0 Å². The van der Waals surface area contributed by atoms with Crippen LogP contribution in [0.15, 0.2) is 47.3 Å². The lowest BCUT2D eigenvalue weighted by molar-refractivity contribution is 0.184. The zero-order chi connectivity index (χ0) is 21.5. The molecule has 1 aliphatic carbocycles. The third-order valence-electron chi connectivity index (χ3n) is 5.66. The number of aromatic nitrogens is 2. The average molecular weight is 412 g/mol. The van der Waals surface area contributed by atoms with Crippen LogP contribution in [-0.4, -0.2) is 30.3 Å². The van der Waals surface area contributed by atoms with E-state index in [4.69, 9.17) is 9.72 Å². The van der Waals surface area contributed by atoms with Crippen LogP contribution < -0.4 is 11.3 Å². The van der Waals surface area contributed by atoms with Gasteiger partial charge in [-0.3, -0.25) is 9.36 Å². The van der Waals surface area contributed by atoms with Crippen molar-refractivity contribution in [3.05, 3.63) is 64.5 Å². The van der Waals surface area contributed by atoms with Gasteiger partial charge in [-0.15, -0.1) is 0 Å². The van der Waals surface area contributed by atoms with Gasteiger partial charge >= 0.3 is 0 Å². The minimum atomic E-state index is -0.292. The highest BCUT2D eigenvalue weighted by atomic mass is 19.1. The molecule has 0 spiro atoms. The molecular formula is C24H30FN3O2. The number of ether oxygens (including phenoxy) is 1. The standard InChI is InChI=1S/C23H25FN2O2.CH5N/c1-28-15-14-26-22(17-6-3-2-4-7-17)25-20-9-5-8-19(21(20)23(26)27)16-10-12-18(24)13-11-16;1-2/h5,8-13,17H,2-4,6-7,14-15H2,1H3;2H2,1H3. The van der Waals surface area contributed by atoms with Gasteiger partial charge in [0.15, 0.2) is 0 Å². The van der Waals surface area contributed by atoms with Crippen LogP contribution in [0.3, 0.4) is 0 Å². The SMILES string of the molecule is CN.COCCn1c(C2CCCCC2)nc2cccc(-c3ccc(F)cc3)c2c1=O. The summed E-state index contributed by atoms with van der Waals surface area (Å²) in [5.74, 6) is 0.905. The molecule has 1 heterocycles. The lowest BCUT2D eigenvalue weighted by atomic mass is 9.88. The predicted octanol–water partition coefficient (Wildman–Crippen LogP) is 4.47. The molecular weight excluding hydrogens is 381 g/mol. The molecule has 1 fully saturated rings. The molecule has 0 saturated heterocycles. The Morgan fingerprint density at radius 3 is 2.47 bits per heavy atom. The normalized spacial score (nSPS) is 14.4. The summed E-state index contributed by atoms with van der Waals surface area (Å²) in [5, 5.41) is 0.588. The minimum absolute atomic E-state index is 0.0393. The summed E-state index contributed by atoms with van der Waals surface area (Å²) >= 11 is 0. The molecule has 0 amide bonds. The van der Waals surface area contributed by atoms with E-state index in [9.17, 15) is 9.18 Å². The van der Waals surface area contributed by atoms with E-state index in [1.807, 2.05) is 18.2 Å². The van der Waals surface area contributed by atoms with Crippen molar-refractivity contribution in [2.75, 3.05) is 20.8 Å². The van der Waals surface area contributed by atoms with Crippen molar-refractivity contribution >= 4 is 10.9 Å². The molecule has 5 nitrogen and oxygen atoms in total. The van der Waals surface area contributed by atoms with E-state index in [-0.39, 0.29) is 11.4 Å². The van der Waals surface area contributed by atoms with Crippen LogP contribution in [0.2, 0.25) is 0 Å². The molecule has 0 radical (unpaired) electrons. The van der Waals surface area contributed by atoms with Crippen molar-refractivity contribution < 1.29 is 9.13 Å². The summed E-state index contributed by atoms with van der Waals surface area (Å²) in [5.41, 5.74) is 6.77. The molecule has 3 aromatic rings. The molecule has 0 atom stereocenters. The molecule has 1 saturated carbocycles. The number of hydrogen-bond acceptors (Lipinski definition) is 4. The number of benzene rings is 2. The van der Waals surface area contributed by atoms with Crippen molar-refractivity contribution in [3.63, 3.8) is 0 Å². The number of nitrogens with zero attached hydrogens (tertiary/aromatic N) is 2. The van der Waals surface area contributed by atoms with Crippen LogP contribution in [0.4, 0.5) is 4.39 Å². The fourth-order valence-corrected chi connectivity index (χ4v) is 4.22. The maximum Gasteiger partial charge on any atom is 0.262 e. The Labute approximate surface area is 176 Å². The highest BCUT2D eigenvalue weighted by Gasteiger charge is 2.23. The first kappa shape index (κ1) is 22.1. The second-order valence-electron chi connectivity index (χ2n) is 7.46. The number of methoxy groups -OCH3 is 1. The average Bonchev–Trinajstić information content (AvgIpc) is 2.80. The first-order valence-corrected chi connectivity index (χ1v) is 10.5. The predicted molar refractivity (Wildman–Crippen MR) is 119 cm³/mol. The number of halogens is 1. The second-order valence-corrected chi connectivity index (χ2v) is 7.46. The molecule has 1 aromatic heterocycles. The molecule has 0 unspecified atom stereocenters. The quantitative estimate of drug-likeness (QED) is 0.672. The Kier molecular flexibility index (Phi) is 7.71. The first-order chi connectivity index (χ1) is 14.7. The van der Waals surface area contributed by atoms with Crippen LogP contribution >= 0.6 is 0 Å². The second kappa shape index (κ2) is 10.5. The molecule has 4 rings (SSSR count). The smallest absolute Gasteiger partial charge is 0.262 e. The van der Waals surface area contributed by atoms with E-state index >= 15 is 0 Å². The molecule has 0 aliphatic heterocycles. The van der Waals surface area contributed by atoms with E-state index in [1.54, 1.807) is 23.8 Å². The summed E-state index contributed by atoms with van der Waals surface area (Å²) in [7, 11) is 3.14. The van der Waals surface area contributed by atoms with E-state index < -0.39 is 0 Å². The Balaban J connectivity index is 0.00000124. The molecule has 2 aromatic carbocycles. The maximum absolute atomic E-state index is 13.6. The number of fused-ring (bicyclic) bond motifs is 1. The fraction of sp³-hybridized carbons (Fsp3) is 0.417. The van der Waals surface area contributed by atoms with E-state index in [0.29, 0.717) is 30.0 Å². The summed E-state index contributed by atoms with van der Waals surface area (Å²) < 4.78 is 20.4. The topological polar surface area (TPSA) is 70.1 Å². The van der Waals surface area contributed by atoms with Gasteiger partial charge in [-0.1, -0.05) is 43.5 Å². The van der Waals surface area contributed by atoms with Crippen molar-refractivity contribution in [3.8, 4) is 11.1 Å². The molecule has 0 bridgehead atoms. The number of nitrogens with two attached hydrogens (primary N) is 1. The zero-order valence-electron chi connectivity index (χ0n) is 17.7. The Morgan fingerprint density at radius 1 is 1.10 bits per heavy atom. The van der Waals surface area contributed by atoms with Gasteiger partial charge in [-0.2, -0.15) is 0 Å². The van der Waals surface area contributed by atoms with E-state index in [0.717, 1.165) is 29.8 Å². The van der Waals surface area contributed by atoms with Gasteiger partial charge < -0.3 is 10.5 Å². The van der Waals surface area contributed by atoms with Gasteiger partial charge in [0.25, 0.3) is 5.56 Å². The first-order valence-electron chi connectivity index (χ1n) is 10.5. The van der Waals surface area contributed by atoms with Gasteiger partial charge in [0, 0.05) is 13.0 Å². The Bertz CT molecular complexity index is 1030. The third-order valence-corrected chi connectivity index (χ3v) is 5.66. The monoisotopic (exact) mass is 411 g/mol. The van der Waals surface area contributed by atoms with Crippen LogP contribution in [0.1, 0.15) is 43.8 Å². The van der Waals surface area contributed by atoms with Gasteiger partial charge in [-0.05, 0) is 49.2 Å². The summed E-state index contributed by atoms with van der Waals surface area (Å²) in [6.07, 6.45) is 5.75. The van der Waals surface area contributed by atoms with E-state index in [2.05, 4.69) is 5.73 Å². The largest absolute Gasteiger partial charge is 0.383 e. The number of rotatable bonds is 5. The molecule has 160 valence electrons. The minimum Gasteiger partial charge on any atom is -0.383 e. The van der Waals surface area contributed by atoms with Crippen LogP contribution in [-0.2, 0) is 11.3 Å². The van der Waals surface area contributed by atoms with Gasteiger partial charge in [-0.25, -0.2) is 9.37 Å². The fourth-order valence-electron chi connectivity index (χ4n) is 4.22. The zero-order valence-corrected chi connectivity index (χ0v) is 17.7. The number of hydrogen-bond donors (Lipinski definition) is 1. The van der Waals surface area contributed by atoms with Crippen molar-refractivity contribution in [1.29, 1.82) is 0 Å². The molecule has 30 heavy (non-hydrogen) atoms. The molecule has 6 heteroatoms. The highest BCUT2D eigenvalue weighted by molar-refractivity contribution is 5.94. The van der Waals surface area contributed by atoms with Gasteiger partial charge in [0.2, 0.25) is 0 Å². The highest BCUT2D eigenvalue weighted by Crippen LogP contribution is 2.33. The van der Waals surface area contributed by atoms with E-state index in [1.165, 1.54) is 38.4 Å². The molecule has 2 N–H and O–H groups in total.